The highest BCUT2D eigenvalue weighted by atomic mass is 32.2. The van der Waals surface area contributed by atoms with E-state index in [1.54, 1.807) is 12.1 Å². The summed E-state index contributed by atoms with van der Waals surface area (Å²) in [6.07, 6.45) is 1.80. The molecular weight excluding hydrogens is 368 g/mol. The maximum atomic E-state index is 12.6. The van der Waals surface area contributed by atoms with Crippen LogP contribution in [0.3, 0.4) is 0 Å². The van der Waals surface area contributed by atoms with E-state index >= 15 is 0 Å². The van der Waals surface area contributed by atoms with Gasteiger partial charge in [-0.25, -0.2) is 13.2 Å². The molecule has 0 unspecified atom stereocenters. The first-order valence-corrected chi connectivity index (χ1v) is 9.95. The zero-order valence-electron chi connectivity index (χ0n) is 15.2. The topological polar surface area (TPSA) is 102 Å². The summed E-state index contributed by atoms with van der Waals surface area (Å²) in [6.45, 7) is 2.55. The van der Waals surface area contributed by atoms with Crippen LogP contribution in [-0.2, 0) is 14.8 Å². The standard InChI is InChI=1S/C19H22N2O5S/c1-3-4-11-20-18(22)14-7-6-10-17(13-14)27(24,25)21-16-9-5-8-15(12-16)19(23)26-2/h5-10,12-13,21H,3-4,11H2,1-2H3,(H,20,22). The van der Waals surface area contributed by atoms with E-state index < -0.39 is 16.0 Å². The fourth-order valence-electron chi connectivity index (χ4n) is 2.33. The van der Waals surface area contributed by atoms with E-state index in [2.05, 4.69) is 14.8 Å². The summed E-state index contributed by atoms with van der Waals surface area (Å²) in [5.41, 5.74) is 0.703. The number of carbonyl (C=O) groups is 2. The Hall–Kier alpha value is -2.87. The minimum absolute atomic E-state index is 0.0471. The van der Waals surface area contributed by atoms with E-state index in [0.717, 1.165) is 12.8 Å². The summed E-state index contributed by atoms with van der Waals surface area (Å²) in [5, 5.41) is 2.75. The van der Waals surface area contributed by atoms with Gasteiger partial charge in [0.25, 0.3) is 15.9 Å². The minimum atomic E-state index is -3.93. The van der Waals surface area contributed by atoms with E-state index in [-0.39, 0.29) is 27.6 Å². The molecule has 0 radical (unpaired) electrons. The molecule has 144 valence electrons. The Labute approximate surface area is 158 Å². The van der Waals surface area contributed by atoms with Crippen LogP contribution in [0, 0.1) is 0 Å². The number of ether oxygens (including phenoxy) is 1. The lowest BCUT2D eigenvalue weighted by Gasteiger charge is -2.10. The zero-order valence-corrected chi connectivity index (χ0v) is 16.0. The monoisotopic (exact) mass is 390 g/mol. The number of hydrogen-bond donors (Lipinski definition) is 2. The number of amides is 1. The molecule has 0 aliphatic heterocycles. The van der Waals surface area contributed by atoms with Gasteiger partial charge in [0, 0.05) is 17.8 Å². The lowest BCUT2D eigenvalue weighted by atomic mass is 10.2. The Kier molecular flexibility index (Phi) is 6.95. The Morgan fingerprint density at radius 1 is 1.04 bits per heavy atom. The number of unbranched alkanes of at least 4 members (excludes halogenated alkanes) is 1. The average molecular weight is 390 g/mol. The predicted octanol–water partition coefficient (Wildman–Crippen LogP) is 2.80. The van der Waals surface area contributed by atoms with Gasteiger partial charge in [0.05, 0.1) is 17.6 Å². The van der Waals surface area contributed by atoms with Crippen molar-refractivity contribution in [1.82, 2.24) is 5.32 Å². The van der Waals surface area contributed by atoms with Crippen molar-refractivity contribution in [1.29, 1.82) is 0 Å². The lowest BCUT2D eigenvalue weighted by Crippen LogP contribution is -2.24. The summed E-state index contributed by atoms with van der Waals surface area (Å²) in [7, 11) is -2.68. The number of rotatable bonds is 8. The number of esters is 1. The van der Waals surface area contributed by atoms with Gasteiger partial charge in [0.15, 0.2) is 0 Å². The van der Waals surface area contributed by atoms with Gasteiger partial charge in [-0.05, 0) is 42.8 Å². The third kappa shape index (κ3) is 5.55. The molecule has 1 amide bonds. The highest BCUT2D eigenvalue weighted by molar-refractivity contribution is 7.92. The Morgan fingerprint density at radius 2 is 1.74 bits per heavy atom. The molecule has 2 rings (SSSR count). The molecule has 0 saturated heterocycles. The first-order chi connectivity index (χ1) is 12.9. The van der Waals surface area contributed by atoms with Gasteiger partial charge < -0.3 is 10.1 Å². The summed E-state index contributed by atoms with van der Waals surface area (Å²) < 4.78 is 32.3. The van der Waals surface area contributed by atoms with Crippen molar-refractivity contribution < 1.29 is 22.7 Å². The van der Waals surface area contributed by atoms with E-state index in [1.165, 1.54) is 43.5 Å². The first kappa shape index (κ1) is 20.4. The molecule has 7 nitrogen and oxygen atoms in total. The molecule has 0 heterocycles. The summed E-state index contributed by atoms with van der Waals surface area (Å²) in [5.74, 6) is -0.894. The molecule has 2 aromatic carbocycles. The van der Waals surface area contributed by atoms with Gasteiger partial charge in [-0.2, -0.15) is 0 Å². The highest BCUT2D eigenvalue weighted by Gasteiger charge is 2.17. The van der Waals surface area contributed by atoms with Crippen molar-refractivity contribution in [3.05, 3.63) is 59.7 Å². The molecule has 0 atom stereocenters. The molecule has 8 heteroatoms. The van der Waals surface area contributed by atoms with E-state index in [1.807, 2.05) is 6.92 Å². The number of sulfonamides is 1. The second-order valence-electron chi connectivity index (χ2n) is 5.82. The van der Waals surface area contributed by atoms with Crippen LogP contribution < -0.4 is 10.0 Å². The smallest absolute Gasteiger partial charge is 0.337 e. The van der Waals surface area contributed by atoms with E-state index in [0.29, 0.717) is 6.54 Å². The largest absolute Gasteiger partial charge is 0.465 e. The lowest BCUT2D eigenvalue weighted by molar-refractivity contribution is 0.0600. The van der Waals surface area contributed by atoms with Crippen LogP contribution in [-0.4, -0.2) is 33.9 Å². The third-order valence-corrected chi connectivity index (χ3v) is 5.14. The van der Waals surface area contributed by atoms with Crippen molar-refractivity contribution in [2.24, 2.45) is 0 Å². The number of benzene rings is 2. The molecule has 2 N–H and O–H groups in total. The van der Waals surface area contributed by atoms with Crippen LogP contribution in [0.25, 0.3) is 0 Å². The van der Waals surface area contributed by atoms with E-state index in [4.69, 9.17) is 0 Å². The predicted molar refractivity (Wildman–Crippen MR) is 102 cm³/mol. The highest BCUT2D eigenvalue weighted by Crippen LogP contribution is 2.18. The maximum Gasteiger partial charge on any atom is 0.337 e. The molecule has 0 aliphatic carbocycles. The van der Waals surface area contributed by atoms with Crippen LogP contribution in [0.2, 0.25) is 0 Å². The van der Waals surface area contributed by atoms with Gasteiger partial charge >= 0.3 is 5.97 Å². The number of carbonyl (C=O) groups excluding carboxylic acids is 2. The summed E-state index contributed by atoms with van der Waals surface area (Å²) in [4.78, 5) is 23.7. The Balaban J connectivity index is 2.21. The maximum absolute atomic E-state index is 12.6. The first-order valence-electron chi connectivity index (χ1n) is 8.47. The van der Waals surface area contributed by atoms with Gasteiger partial charge in [-0.1, -0.05) is 25.5 Å². The van der Waals surface area contributed by atoms with Crippen molar-refractivity contribution >= 4 is 27.6 Å². The molecule has 0 fully saturated rings. The van der Waals surface area contributed by atoms with Crippen molar-refractivity contribution in [2.75, 3.05) is 18.4 Å². The van der Waals surface area contributed by atoms with Crippen LogP contribution in [0.15, 0.2) is 53.4 Å². The molecule has 0 bridgehead atoms. The summed E-state index contributed by atoms with van der Waals surface area (Å²) in [6, 6.07) is 11.7. The number of nitrogens with one attached hydrogen (secondary N) is 2. The van der Waals surface area contributed by atoms with Crippen molar-refractivity contribution in [3.63, 3.8) is 0 Å². The normalized spacial score (nSPS) is 10.9. The fourth-order valence-corrected chi connectivity index (χ4v) is 3.42. The minimum Gasteiger partial charge on any atom is -0.465 e. The number of hydrogen-bond acceptors (Lipinski definition) is 5. The molecule has 0 aromatic heterocycles. The molecule has 0 aliphatic rings. The molecule has 2 aromatic rings. The van der Waals surface area contributed by atoms with Crippen molar-refractivity contribution in [2.45, 2.75) is 24.7 Å². The van der Waals surface area contributed by atoms with Gasteiger partial charge in [-0.3, -0.25) is 9.52 Å². The van der Waals surface area contributed by atoms with Gasteiger partial charge in [0.1, 0.15) is 0 Å². The Morgan fingerprint density at radius 3 is 2.44 bits per heavy atom. The quantitative estimate of drug-likeness (QED) is 0.533. The van der Waals surface area contributed by atoms with Crippen LogP contribution in [0.1, 0.15) is 40.5 Å². The molecule has 0 saturated carbocycles. The second kappa shape index (κ2) is 9.18. The third-order valence-electron chi connectivity index (χ3n) is 3.76. The van der Waals surface area contributed by atoms with E-state index in [9.17, 15) is 18.0 Å². The van der Waals surface area contributed by atoms with Gasteiger partial charge in [-0.15, -0.1) is 0 Å². The SMILES string of the molecule is CCCCNC(=O)c1cccc(S(=O)(=O)Nc2cccc(C(=O)OC)c2)c1. The Bertz CT molecular complexity index is 925. The van der Waals surface area contributed by atoms with Crippen molar-refractivity contribution in [3.8, 4) is 0 Å². The summed E-state index contributed by atoms with van der Waals surface area (Å²) >= 11 is 0. The average Bonchev–Trinajstić information content (AvgIpc) is 2.67. The van der Waals surface area contributed by atoms with Crippen LogP contribution in [0.4, 0.5) is 5.69 Å². The zero-order chi connectivity index (χ0) is 19.9. The molecule has 0 spiro atoms. The number of anilines is 1. The molecular formula is C19H22N2O5S. The van der Waals surface area contributed by atoms with Crippen LogP contribution >= 0.6 is 0 Å². The fraction of sp³-hybridized carbons (Fsp3) is 0.263. The second-order valence-corrected chi connectivity index (χ2v) is 7.50. The number of methoxy groups -OCH3 is 1. The van der Waals surface area contributed by atoms with Gasteiger partial charge in [0.2, 0.25) is 0 Å². The van der Waals surface area contributed by atoms with Crippen LogP contribution in [0.5, 0.6) is 0 Å². The molecule has 27 heavy (non-hydrogen) atoms.